The number of aromatic carboxylic acids is 1. The number of aromatic nitrogens is 2. The van der Waals surface area contributed by atoms with Gasteiger partial charge in [-0.3, -0.25) is 0 Å². The van der Waals surface area contributed by atoms with Crippen molar-refractivity contribution in [2.45, 2.75) is 71.4 Å². The van der Waals surface area contributed by atoms with Gasteiger partial charge in [-0.1, -0.05) is 38.1 Å². The van der Waals surface area contributed by atoms with E-state index in [0.29, 0.717) is 12.1 Å². The Morgan fingerprint density at radius 1 is 1.02 bits per heavy atom. The highest BCUT2D eigenvalue weighted by atomic mass is 32.2. The lowest BCUT2D eigenvalue weighted by molar-refractivity contribution is 0.0151. The lowest BCUT2D eigenvalue weighted by Gasteiger charge is -2.31. The van der Waals surface area contributed by atoms with E-state index < -0.39 is 27.7 Å². The molecule has 0 unspecified atom stereocenters. The van der Waals surface area contributed by atoms with Crippen LogP contribution in [0.3, 0.4) is 0 Å². The number of sulfonamides is 1. The standard InChI is InChI=1S/C31H40N4O7S/c1-19(2)15-23(35(8)30(38)42-31(5,6)7)18-41-26-17-25(27-20(3)11-9-12-21(27)4)32-29(33-26)34-43(39,40)24-14-10-13-22(16-24)28(36)37/h9-14,16-17,19,23H,15,18H2,1-8H3,(H,36,37)(H,32,33,34)/t23-/m1/s1. The Morgan fingerprint density at radius 2 is 1.65 bits per heavy atom. The van der Waals surface area contributed by atoms with Gasteiger partial charge in [-0.25, -0.2) is 27.7 Å². The molecule has 0 spiro atoms. The first-order chi connectivity index (χ1) is 20.0. The first-order valence-electron chi connectivity index (χ1n) is 13.9. The number of ether oxygens (including phenoxy) is 2. The fraction of sp³-hybridized carbons (Fsp3) is 0.419. The Balaban J connectivity index is 2.01. The Morgan fingerprint density at radius 3 is 2.23 bits per heavy atom. The van der Waals surface area contributed by atoms with Crippen LogP contribution >= 0.6 is 0 Å². The second-order valence-corrected chi connectivity index (χ2v) is 13.5. The number of anilines is 1. The molecule has 232 valence electrons. The van der Waals surface area contributed by atoms with Gasteiger partial charge in [-0.05, 0) is 76.3 Å². The van der Waals surface area contributed by atoms with Crippen LogP contribution in [0.1, 0.15) is 62.5 Å². The highest BCUT2D eigenvalue weighted by Gasteiger charge is 2.27. The zero-order chi connectivity index (χ0) is 32.1. The van der Waals surface area contributed by atoms with Gasteiger partial charge in [-0.15, -0.1) is 0 Å². The third-order valence-electron chi connectivity index (χ3n) is 6.45. The van der Waals surface area contributed by atoms with E-state index in [1.807, 2.05) is 45.9 Å². The molecule has 2 N–H and O–H groups in total. The second-order valence-electron chi connectivity index (χ2n) is 11.8. The number of amides is 1. The molecule has 0 aliphatic heterocycles. The average molecular weight is 613 g/mol. The van der Waals surface area contributed by atoms with E-state index >= 15 is 0 Å². The van der Waals surface area contributed by atoms with Gasteiger partial charge < -0.3 is 19.5 Å². The SMILES string of the molecule is Cc1cccc(C)c1-c1cc(OC[C@@H](CC(C)C)N(C)C(=O)OC(C)(C)C)nc(NS(=O)(=O)c2cccc(C(=O)O)c2)n1. The van der Waals surface area contributed by atoms with Crippen LogP contribution in [0.4, 0.5) is 10.7 Å². The van der Waals surface area contributed by atoms with Crippen LogP contribution in [0, 0.1) is 19.8 Å². The summed E-state index contributed by atoms with van der Waals surface area (Å²) in [6, 6.07) is 12.0. The molecule has 0 radical (unpaired) electrons. The van der Waals surface area contributed by atoms with Gasteiger partial charge in [0.05, 0.1) is 22.2 Å². The highest BCUT2D eigenvalue weighted by Crippen LogP contribution is 2.30. The minimum atomic E-state index is -4.26. The summed E-state index contributed by atoms with van der Waals surface area (Å²) in [4.78, 5) is 34.3. The molecule has 1 amide bonds. The number of hydrogen-bond acceptors (Lipinski definition) is 8. The maximum absolute atomic E-state index is 13.3. The van der Waals surface area contributed by atoms with Gasteiger partial charge in [-0.2, -0.15) is 4.98 Å². The number of benzene rings is 2. The minimum Gasteiger partial charge on any atom is -0.478 e. The van der Waals surface area contributed by atoms with Crippen LogP contribution in [0.5, 0.6) is 5.88 Å². The largest absolute Gasteiger partial charge is 0.478 e. The van der Waals surface area contributed by atoms with Crippen LogP contribution < -0.4 is 9.46 Å². The van der Waals surface area contributed by atoms with Gasteiger partial charge in [0.25, 0.3) is 10.0 Å². The molecule has 1 aromatic heterocycles. The lowest BCUT2D eigenvalue weighted by Crippen LogP contribution is -2.44. The molecule has 2 aromatic carbocycles. The van der Waals surface area contributed by atoms with Crippen molar-refractivity contribution < 1.29 is 32.6 Å². The molecule has 0 aliphatic rings. The Hall–Kier alpha value is -4.19. The molecule has 1 heterocycles. The summed E-state index contributed by atoms with van der Waals surface area (Å²) in [5.74, 6) is -1.18. The molecule has 0 aliphatic carbocycles. The summed E-state index contributed by atoms with van der Waals surface area (Å²) in [6.07, 6.45) is 0.127. The molecule has 12 heteroatoms. The number of carboxylic acid groups (broad SMARTS) is 1. The van der Waals surface area contributed by atoms with Crippen molar-refractivity contribution in [1.82, 2.24) is 14.9 Å². The summed E-state index contributed by atoms with van der Waals surface area (Å²) >= 11 is 0. The molecule has 0 saturated carbocycles. The fourth-order valence-electron chi connectivity index (χ4n) is 4.41. The number of hydrogen-bond donors (Lipinski definition) is 2. The monoisotopic (exact) mass is 612 g/mol. The number of nitrogens with zero attached hydrogens (tertiary/aromatic N) is 3. The van der Waals surface area contributed by atoms with Crippen LogP contribution in [-0.4, -0.2) is 65.8 Å². The summed E-state index contributed by atoms with van der Waals surface area (Å²) in [5.41, 5.74) is 2.19. The molecule has 3 aromatic rings. The predicted octanol–water partition coefficient (Wildman–Crippen LogP) is 5.92. The third kappa shape index (κ3) is 9.15. The Kier molecular flexibility index (Phi) is 10.4. The normalized spacial score (nSPS) is 12.5. The van der Waals surface area contributed by atoms with Gasteiger partial charge in [0.1, 0.15) is 12.2 Å². The Labute approximate surface area is 253 Å². The quantitative estimate of drug-likeness (QED) is 0.269. The maximum atomic E-state index is 13.3. The number of rotatable bonds is 11. The Bertz CT molecular complexity index is 1560. The van der Waals surface area contributed by atoms with E-state index in [-0.39, 0.29) is 40.9 Å². The first kappa shape index (κ1) is 33.3. The number of nitrogens with one attached hydrogen (secondary N) is 1. The second kappa shape index (κ2) is 13.4. The lowest BCUT2D eigenvalue weighted by atomic mass is 10.00. The number of carboxylic acids is 1. The van der Waals surface area contributed by atoms with Crippen molar-refractivity contribution in [3.63, 3.8) is 0 Å². The number of likely N-dealkylation sites (N-methyl/N-ethyl adjacent to an activating group) is 1. The summed E-state index contributed by atoms with van der Waals surface area (Å²) in [5, 5.41) is 9.31. The van der Waals surface area contributed by atoms with E-state index in [9.17, 15) is 23.1 Å². The van der Waals surface area contributed by atoms with Crippen molar-refractivity contribution in [3.05, 3.63) is 65.2 Å². The van der Waals surface area contributed by atoms with E-state index in [4.69, 9.17) is 9.47 Å². The smallest absolute Gasteiger partial charge is 0.410 e. The van der Waals surface area contributed by atoms with E-state index in [0.717, 1.165) is 22.8 Å². The van der Waals surface area contributed by atoms with Gasteiger partial charge >= 0.3 is 12.1 Å². The maximum Gasteiger partial charge on any atom is 0.410 e. The summed E-state index contributed by atoms with van der Waals surface area (Å²) in [6.45, 7) is 13.3. The van der Waals surface area contributed by atoms with Gasteiger partial charge in [0.2, 0.25) is 11.8 Å². The zero-order valence-corrected chi connectivity index (χ0v) is 26.7. The van der Waals surface area contributed by atoms with E-state index in [2.05, 4.69) is 14.7 Å². The molecule has 0 fully saturated rings. The number of carbonyl (C=O) groups excluding carboxylic acids is 1. The van der Waals surface area contributed by atoms with Crippen LogP contribution in [-0.2, 0) is 14.8 Å². The summed E-state index contributed by atoms with van der Waals surface area (Å²) in [7, 11) is -2.61. The topological polar surface area (TPSA) is 148 Å². The molecular weight excluding hydrogens is 572 g/mol. The molecule has 11 nitrogen and oxygen atoms in total. The predicted molar refractivity (Wildman–Crippen MR) is 164 cm³/mol. The summed E-state index contributed by atoms with van der Waals surface area (Å²) < 4.78 is 40.5. The van der Waals surface area contributed by atoms with Crippen LogP contribution in [0.2, 0.25) is 0 Å². The molecule has 0 bridgehead atoms. The highest BCUT2D eigenvalue weighted by molar-refractivity contribution is 7.92. The number of aryl methyl sites for hydroxylation is 2. The minimum absolute atomic E-state index is 0.0595. The first-order valence-corrected chi connectivity index (χ1v) is 15.4. The van der Waals surface area contributed by atoms with Crippen molar-refractivity contribution in [3.8, 4) is 17.1 Å². The fourth-order valence-corrected chi connectivity index (χ4v) is 5.40. The van der Waals surface area contributed by atoms with Crippen molar-refractivity contribution in [2.75, 3.05) is 18.4 Å². The molecule has 0 saturated heterocycles. The van der Waals surface area contributed by atoms with Gasteiger partial charge in [0.15, 0.2) is 0 Å². The molecule has 43 heavy (non-hydrogen) atoms. The zero-order valence-electron chi connectivity index (χ0n) is 25.8. The van der Waals surface area contributed by atoms with Crippen molar-refractivity contribution >= 4 is 28.0 Å². The molecule has 1 atom stereocenters. The number of carbonyl (C=O) groups is 2. The van der Waals surface area contributed by atoms with E-state index in [1.165, 1.54) is 23.1 Å². The molecular formula is C31H40N4O7S. The van der Waals surface area contributed by atoms with Crippen LogP contribution in [0.15, 0.2) is 53.4 Å². The van der Waals surface area contributed by atoms with Crippen molar-refractivity contribution in [2.24, 2.45) is 5.92 Å². The van der Waals surface area contributed by atoms with Crippen molar-refractivity contribution in [1.29, 1.82) is 0 Å². The van der Waals surface area contributed by atoms with E-state index in [1.54, 1.807) is 33.9 Å². The molecule has 3 rings (SSSR count). The van der Waals surface area contributed by atoms with Crippen LogP contribution in [0.25, 0.3) is 11.3 Å². The third-order valence-corrected chi connectivity index (χ3v) is 7.78. The average Bonchev–Trinajstić information content (AvgIpc) is 2.89. The van der Waals surface area contributed by atoms with Gasteiger partial charge in [0, 0.05) is 18.7 Å².